The van der Waals surface area contributed by atoms with Crippen molar-refractivity contribution in [3.05, 3.63) is 23.3 Å². The van der Waals surface area contributed by atoms with Crippen LogP contribution in [0.5, 0.6) is 5.75 Å². The zero-order valence-electron chi connectivity index (χ0n) is 15.4. The van der Waals surface area contributed by atoms with Crippen molar-refractivity contribution < 1.29 is 23.1 Å². The van der Waals surface area contributed by atoms with Crippen molar-refractivity contribution in [3.8, 4) is 5.75 Å². The van der Waals surface area contributed by atoms with E-state index in [0.29, 0.717) is 24.2 Å². The predicted molar refractivity (Wildman–Crippen MR) is 95.5 cm³/mol. The summed E-state index contributed by atoms with van der Waals surface area (Å²) in [7, 11) is -2.19. The van der Waals surface area contributed by atoms with Crippen LogP contribution >= 0.6 is 0 Å². The number of sulfonamides is 1. The van der Waals surface area contributed by atoms with E-state index in [-0.39, 0.29) is 17.4 Å². The molecule has 2 atom stereocenters. The SMILES string of the molecule is CCC1C(C(=O)O)CCN1S(=O)(=O)c1cc(C(C)C)c(OC)cc1C. The molecule has 25 heavy (non-hydrogen) atoms. The van der Waals surface area contributed by atoms with Crippen LogP contribution in [-0.2, 0) is 14.8 Å². The molecule has 1 aliphatic heterocycles. The molecule has 6 nitrogen and oxygen atoms in total. The van der Waals surface area contributed by atoms with Crippen molar-refractivity contribution in [2.24, 2.45) is 5.92 Å². The van der Waals surface area contributed by atoms with Crippen LogP contribution < -0.4 is 4.74 Å². The summed E-state index contributed by atoms with van der Waals surface area (Å²) in [5.41, 5.74) is 1.43. The second-order valence-corrected chi connectivity index (χ2v) is 8.70. The Morgan fingerprint density at radius 2 is 2.04 bits per heavy atom. The molecule has 1 saturated heterocycles. The Balaban J connectivity index is 2.53. The van der Waals surface area contributed by atoms with Crippen LogP contribution in [0.1, 0.15) is 50.7 Å². The molecule has 1 N–H and O–H groups in total. The Kier molecular flexibility index (Phi) is 5.79. The second-order valence-electron chi connectivity index (χ2n) is 6.84. The first-order valence-corrected chi connectivity index (χ1v) is 10.0. The predicted octanol–water partition coefficient (Wildman–Crippen LogP) is 3.00. The number of methoxy groups -OCH3 is 1. The van der Waals surface area contributed by atoms with Crippen molar-refractivity contribution in [3.63, 3.8) is 0 Å². The lowest BCUT2D eigenvalue weighted by Crippen LogP contribution is -2.39. The van der Waals surface area contributed by atoms with Crippen molar-refractivity contribution in [1.29, 1.82) is 0 Å². The van der Waals surface area contributed by atoms with Crippen molar-refractivity contribution in [1.82, 2.24) is 4.31 Å². The number of aliphatic carboxylic acids is 1. The fourth-order valence-corrected chi connectivity index (χ4v) is 5.60. The van der Waals surface area contributed by atoms with E-state index in [0.717, 1.165) is 5.56 Å². The van der Waals surface area contributed by atoms with Gasteiger partial charge in [0.2, 0.25) is 10.0 Å². The third-order valence-electron chi connectivity index (χ3n) is 4.97. The topological polar surface area (TPSA) is 83.9 Å². The summed E-state index contributed by atoms with van der Waals surface area (Å²) in [4.78, 5) is 11.7. The molecule has 140 valence electrons. The molecular formula is C18H27NO5S. The Labute approximate surface area is 149 Å². The minimum atomic E-state index is -3.76. The van der Waals surface area contributed by atoms with Crippen molar-refractivity contribution in [2.45, 2.75) is 57.4 Å². The number of ether oxygens (including phenoxy) is 1. The van der Waals surface area contributed by atoms with Crippen LogP contribution in [0.4, 0.5) is 0 Å². The Hall–Kier alpha value is -1.60. The molecule has 2 rings (SSSR count). The molecule has 0 radical (unpaired) electrons. The van der Waals surface area contributed by atoms with Crippen LogP contribution in [0.15, 0.2) is 17.0 Å². The lowest BCUT2D eigenvalue weighted by molar-refractivity contribution is -0.142. The number of carboxylic acid groups (broad SMARTS) is 1. The number of benzene rings is 1. The summed E-state index contributed by atoms with van der Waals surface area (Å²) < 4.78 is 33.3. The first-order chi connectivity index (χ1) is 11.6. The van der Waals surface area contributed by atoms with E-state index in [1.54, 1.807) is 26.2 Å². The molecule has 0 aliphatic carbocycles. The Morgan fingerprint density at radius 3 is 2.52 bits per heavy atom. The molecule has 0 bridgehead atoms. The highest BCUT2D eigenvalue weighted by atomic mass is 32.2. The van der Waals surface area contributed by atoms with Crippen molar-refractivity contribution in [2.75, 3.05) is 13.7 Å². The zero-order chi connectivity index (χ0) is 18.9. The van der Waals surface area contributed by atoms with E-state index in [9.17, 15) is 18.3 Å². The van der Waals surface area contributed by atoms with E-state index in [1.165, 1.54) is 4.31 Å². The van der Waals surface area contributed by atoms with E-state index < -0.39 is 28.0 Å². The maximum atomic E-state index is 13.3. The molecule has 0 spiro atoms. The lowest BCUT2D eigenvalue weighted by Gasteiger charge is -2.26. The molecule has 1 aromatic carbocycles. The normalized spacial score (nSPS) is 21.7. The molecule has 1 aromatic rings. The standard InChI is InChI=1S/C18H27NO5S/c1-6-15-13(18(20)21)7-8-19(15)25(22,23)17-10-14(11(2)3)16(24-5)9-12(17)4/h9-11,13,15H,6-8H2,1-5H3,(H,20,21). The average Bonchev–Trinajstić information content (AvgIpc) is 2.98. The summed E-state index contributed by atoms with van der Waals surface area (Å²) in [6.07, 6.45) is 0.821. The van der Waals surface area contributed by atoms with Gasteiger partial charge in [-0.25, -0.2) is 8.42 Å². The largest absolute Gasteiger partial charge is 0.496 e. The van der Waals surface area contributed by atoms with Gasteiger partial charge in [-0.15, -0.1) is 0 Å². The number of nitrogens with zero attached hydrogens (tertiary/aromatic N) is 1. The monoisotopic (exact) mass is 369 g/mol. The molecule has 0 aromatic heterocycles. The zero-order valence-corrected chi connectivity index (χ0v) is 16.3. The van der Waals surface area contributed by atoms with Crippen LogP contribution in [-0.4, -0.2) is 43.5 Å². The summed E-state index contributed by atoms with van der Waals surface area (Å²) in [5.74, 6) is -0.804. The van der Waals surface area contributed by atoms with Crippen LogP contribution in [0.3, 0.4) is 0 Å². The van der Waals surface area contributed by atoms with E-state index in [1.807, 2.05) is 20.8 Å². The van der Waals surface area contributed by atoms with Gasteiger partial charge >= 0.3 is 5.97 Å². The second kappa shape index (κ2) is 7.33. The summed E-state index contributed by atoms with van der Waals surface area (Å²) in [5, 5.41) is 9.37. The fourth-order valence-electron chi connectivity index (χ4n) is 3.61. The quantitative estimate of drug-likeness (QED) is 0.833. The molecule has 0 saturated carbocycles. The highest BCUT2D eigenvalue weighted by molar-refractivity contribution is 7.89. The highest BCUT2D eigenvalue weighted by Crippen LogP contribution is 2.37. The molecule has 1 fully saturated rings. The van der Waals surface area contributed by atoms with Gasteiger partial charge in [-0.1, -0.05) is 20.8 Å². The van der Waals surface area contributed by atoms with Crippen LogP contribution in [0, 0.1) is 12.8 Å². The minimum Gasteiger partial charge on any atom is -0.496 e. The number of hydrogen-bond donors (Lipinski definition) is 1. The van der Waals surface area contributed by atoms with Gasteiger partial charge in [-0.2, -0.15) is 4.31 Å². The van der Waals surface area contributed by atoms with Crippen LogP contribution in [0.25, 0.3) is 0 Å². The molecular weight excluding hydrogens is 342 g/mol. The van der Waals surface area contributed by atoms with Gasteiger partial charge in [0.1, 0.15) is 5.75 Å². The first kappa shape index (κ1) is 19.7. The van der Waals surface area contributed by atoms with Gasteiger partial charge in [0, 0.05) is 12.6 Å². The fraction of sp³-hybridized carbons (Fsp3) is 0.611. The van der Waals surface area contributed by atoms with Crippen LogP contribution in [0.2, 0.25) is 0 Å². The maximum absolute atomic E-state index is 13.3. The summed E-state index contributed by atoms with van der Waals surface area (Å²) >= 11 is 0. The van der Waals surface area contributed by atoms with Gasteiger partial charge in [0.25, 0.3) is 0 Å². The van der Waals surface area contributed by atoms with Gasteiger partial charge in [0.15, 0.2) is 0 Å². The van der Waals surface area contributed by atoms with E-state index in [4.69, 9.17) is 4.74 Å². The molecule has 2 unspecified atom stereocenters. The Bertz CT molecular complexity index is 757. The third-order valence-corrected chi connectivity index (χ3v) is 7.03. The minimum absolute atomic E-state index is 0.108. The van der Waals surface area contributed by atoms with E-state index >= 15 is 0 Å². The molecule has 1 heterocycles. The highest BCUT2D eigenvalue weighted by Gasteiger charge is 2.44. The maximum Gasteiger partial charge on any atom is 0.308 e. The van der Waals surface area contributed by atoms with Gasteiger partial charge in [-0.3, -0.25) is 4.79 Å². The van der Waals surface area contributed by atoms with Gasteiger partial charge in [-0.05, 0) is 48.9 Å². The third kappa shape index (κ3) is 3.53. The van der Waals surface area contributed by atoms with Crippen molar-refractivity contribution >= 4 is 16.0 Å². The van der Waals surface area contributed by atoms with Gasteiger partial charge in [0.05, 0.1) is 17.9 Å². The molecule has 7 heteroatoms. The average molecular weight is 369 g/mol. The lowest BCUT2D eigenvalue weighted by atomic mass is 9.99. The van der Waals surface area contributed by atoms with E-state index in [2.05, 4.69) is 0 Å². The summed E-state index contributed by atoms with van der Waals surface area (Å²) in [6.45, 7) is 7.77. The van der Waals surface area contributed by atoms with Gasteiger partial charge < -0.3 is 9.84 Å². The first-order valence-electron chi connectivity index (χ1n) is 8.58. The number of aryl methyl sites for hydroxylation is 1. The number of carboxylic acids is 1. The number of hydrogen-bond acceptors (Lipinski definition) is 4. The smallest absolute Gasteiger partial charge is 0.308 e. The number of carbonyl (C=O) groups is 1. The Morgan fingerprint density at radius 1 is 1.40 bits per heavy atom. The molecule has 1 aliphatic rings. The summed E-state index contributed by atoms with van der Waals surface area (Å²) in [6, 6.07) is 2.91. The number of rotatable bonds is 6. The molecule has 0 amide bonds.